The zero-order chi connectivity index (χ0) is 24.4. The first-order chi connectivity index (χ1) is 16.9. The smallest absolute Gasteiger partial charge is 0.260 e. The van der Waals surface area contributed by atoms with E-state index in [1.54, 1.807) is 35.7 Å². The van der Waals surface area contributed by atoms with E-state index in [1.807, 2.05) is 38.1 Å². The molecule has 9 heteroatoms. The van der Waals surface area contributed by atoms with Crippen LogP contribution in [-0.2, 0) is 0 Å². The molecule has 3 aromatic heterocycles. The molecule has 1 aliphatic rings. The van der Waals surface area contributed by atoms with Gasteiger partial charge in [0.25, 0.3) is 5.91 Å². The molecule has 0 saturated carbocycles. The Kier molecular flexibility index (Phi) is 6.41. The molecule has 1 aliphatic heterocycles. The van der Waals surface area contributed by atoms with Crippen molar-refractivity contribution in [3.8, 4) is 11.3 Å². The van der Waals surface area contributed by atoms with E-state index in [4.69, 9.17) is 4.98 Å². The Labute approximate surface area is 204 Å². The molecule has 5 rings (SSSR count). The Morgan fingerprint density at radius 1 is 1.03 bits per heavy atom. The van der Waals surface area contributed by atoms with Crippen molar-refractivity contribution in [3.63, 3.8) is 0 Å². The quantitative estimate of drug-likeness (QED) is 0.435. The molecule has 0 atom stereocenters. The van der Waals surface area contributed by atoms with E-state index in [1.165, 1.54) is 0 Å². The van der Waals surface area contributed by atoms with Crippen LogP contribution in [0.1, 0.15) is 43.1 Å². The molecular formula is C26H30N8O. The zero-order valence-electron chi connectivity index (χ0n) is 20.3. The maximum absolute atomic E-state index is 12.7. The summed E-state index contributed by atoms with van der Waals surface area (Å²) in [4.78, 5) is 28.6. The van der Waals surface area contributed by atoms with Crippen molar-refractivity contribution in [3.05, 3.63) is 60.8 Å². The Balaban J connectivity index is 1.34. The van der Waals surface area contributed by atoms with Gasteiger partial charge in [-0.2, -0.15) is 5.10 Å². The summed E-state index contributed by atoms with van der Waals surface area (Å²) in [5, 5.41) is 12.6. The molecule has 0 bridgehead atoms. The second-order valence-corrected chi connectivity index (χ2v) is 9.40. The summed E-state index contributed by atoms with van der Waals surface area (Å²) < 4.78 is 1.76. The van der Waals surface area contributed by atoms with Crippen molar-refractivity contribution >= 4 is 28.3 Å². The van der Waals surface area contributed by atoms with E-state index in [0.29, 0.717) is 17.4 Å². The van der Waals surface area contributed by atoms with E-state index in [2.05, 4.69) is 37.6 Å². The number of amides is 1. The fourth-order valence-corrected chi connectivity index (χ4v) is 4.23. The van der Waals surface area contributed by atoms with Gasteiger partial charge < -0.3 is 15.5 Å². The summed E-state index contributed by atoms with van der Waals surface area (Å²) in [7, 11) is 2.16. The van der Waals surface area contributed by atoms with Crippen molar-refractivity contribution in [1.82, 2.24) is 29.6 Å². The van der Waals surface area contributed by atoms with Crippen molar-refractivity contribution in [2.45, 2.75) is 38.8 Å². The molecular weight excluding hydrogens is 440 g/mol. The number of benzene rings is 1. The molecule has 1 saturated heterocycles. The lowest BCUT2D eigenvalue weighted by Gasteiger charge is -2.29. The third kappa shape index (κ3) is 5.30. The normalized spacial score (nSPS) is 15.0. The van der Waals surface area contributed by atoms with Gasteiger partial charge in [0, 0.05) is 35.4 Å². The second kappa shape index (κ2) is 9.79. The number of rotatable bonds is 6. The number of hydrogen-bond donors (Lipinski definition) is 2. The fraction of sp³-hybridized carbons (Fsp3) is 0.346. The molecule has 0 aliphatic carbocycles. The predicted octanol–water partition coefficient (Wildman–Crippen LogP) is 4.23. The highest BCUT2D eigenvalue weighted by molar-refractivity contribution is 6.04. The van der Waals surface area contributed by atoms with Gasteiger partial charge in [0.05, 0.1) is 29.8 Å². The average molecular weight is 471 g/mol. The summed E-state index contributed by atoms with van der Waals surface area (Å²) in [6.45, 7) is 6.20. The Hall–Kier alpha value is -3.85. The van der Waals surface area contributed by atoms with Crippen LogP contribution in [0.15, 0.2) is 55.2 Å². The van der Waals surface area contributed by atoms with E-state index < -0.39 is 0 Å². The number of nitrogens with one attached hydrogen (secondary N) is 2. The van der Waals surface area contributed by atoms with Crippen LogP contribution in [0.2, 0.25) is 0 Å². The van der Waals surface area contributed by atoms with Crippen LogP contribution in [0.4, 0.5) is 11.6 Å². The van der Waals surface area contributed by atoms with Gasteiger partial charge in [-0.15, -0.1) is 0 Å². The molecule has 9 nitrogen and oxygen atoms in total. The van der Waals surface area contributed by atoms with Crippen LogP contribution in [0.5, 0.6) is 0 Å². The lowest BCUT2D eigenvalue weighted by molar-refractivity contribution is 0.102. The molecule has 4 heterocycles. The van der Waals surface area contributed by atoms with Gasteiger partial charge in [0.2, 0.25) is 0 Å². The number of fused-ring (bicyclic) bond motifs is 1. The third-order valence-electron chi connectivity index (χ3n) is 6.36. The predicted molar refractivity (Wildman–Crippen MR) is 137 cm³/mol. The van der Waals surface area contributed by atoms with E-state index in [-0.39, 0.29) is 11.9 Å². The molecule has 180 valence electrons. The van der Waals surface area contributed by atoms with Crippen LogP contribution >= 0.6 is 0 Å². The molecule has 35 heavy (non-hydrogen) atoms. The molecule has 0 unspecified atom stereocenters. The number of piperidine rings is 1. The average Bonchev–Trinajstić information content (AvgIpc) is 3.36. The van der Waals surface area contributed by atoms with E-state index >= 15 is 0 Å². The molecule has 2 N–H and O–H groups in total. The minimum absolute atomic E-state index is 0.190. The van der Waals surface area contributed by atoms with Crippen LogP contribution < -0.4 is 10.6 Å². The standard InChI is InChI=1S/C26H30N8O/c1-17(2)34-16-21(13-29-34)26(35)32-24-11-20-10-18(4-5-19(20)12-28-24)23-14-27-15-25(31-23)30-22-6-8-33(3)9-7-22/h4-5,10-17,22H,6-9H2,1-3H3,(H,30,31)(H,28,32,35). The number of aromatic nitrogens is 5. The Morgan fingerprint density at radius 2 is 1.86 bits per heavy atom. The monoisotopic (exact) mass is 470 g/mol. The fourth-order valence-electron chi connectivity index (χ4n) is 4.23. The number of pyridine rings is 1. The first kappa shape index (κ1) is 22.9. The second-order valence-electron chi connectivity index (χ2n) is 9.40. The van der Waals surface area contributed by atoms with Crippen molar-refractivity contribution < 1.29 is 4.79 Å². The van der Waals surface area contributed by atoms with Crippen LogP contribution in [0.3, 0.4) is 0 Å². The molecule has 1 amide bonds. The molecule has 0 radical (unpaired) electrons. The van der Waals surface area contributed by atoms with Crippen LogP contribution in [0.25, 0.3) is 22.0 Å². The molecule has 0 spiro atoms. The minimum Gasteiger partial charge on any atom is -0.366 e. The van der Waals surface area contributed by atoms with Gasteiger partial charge in [-0.1, -0.05) is 12.1 Å². The lowest BCUT2D eigenvalue weighted by atomic mass is 10.1. The molecule has 4 aromatic rings. The minimum atomic E-state index is -0.238. The Bertz CT molecular complexity index is 1340. The Morgan fingerprint density at radius 3 is 2.63 bits per heavy atom. The molecule has 1 aromatic carbocycles. The van der Waals surface area contributed by atoms with Crippen LogP contribution in [0, 0.1) is 0 Å². The molecule has 1 fully saturated rings. The van der Waals surface area contributed by atoms with Gasteiger partial charge in [-0.3, -0.25) is 14.5 Å². The number of anilines is 2. The summed E-state index contributed by atoms with van der Waals surface area (Å²) in [6, 6.07) is 8.55. The first-order valence-corrected chi connectivity index (χ1v) is 12.0. The topological polar surface area (TPSA) is 101 Å². The lowest BCUT2D eigenvalue weighted by Crippen LogP contribution is -2.36. The van der Waals surface area contributed by atoms with Gasteiger partial charge in [0.15, 0.2) is 0 Å². The number of carbonyl (C=O) groups is 1. The van der Waals surface area contributed by atoms with Crippen molar-refractivity contribution in [2.75, 3.05) is 30.8 Å². The van der Waals surface area contributed by atoms with Crippen molar-refractivity contribution in [2.24, 2.45) is 0 Å². The van der Waals surface area contributed by atoms with E-state index in [9.17, 15) is 4.79 Å². The SMILES string of the molecule is CC(C)n1cc(C(=O)Nc2cc3cc(-c4cncc(NC5CCN(C)CC5)n4)ccc3cn2)cn1. The summed E-state index contributed by atoms with van der Waals surface area (Å²) in [5.41, 5.74) is 2.26. The highest BCUT2D eigenvalue weighted by Gasteiger charge is 2.17. The van der Waals surface area contributed by atoms with Gasteiger partial charge in [-0.25, -0.2) is 9.97 Å². The number of hydrogen-bond acceptors (Lipinski definition) is 7. The first-order valence-electron chi connectivity index (χ1n) is 12.0. The van der Waals surface area contributed by atoms with Gasteiger partial charge in [0.1, 0.15) is 11.6 Å². The number of likely N-dealkylation sites (tertiary alicyclic amines) is 1. The number of carbonyl (C=O) groups excluding carboxylic acids is 1. The number of nitrogens with zero attached hydrogens (tertiary/aromatic N) is 6. The largest absolute Gasteiger partial charge is 0.366 e. The van der Waals surface area contributed by atoms with Gasteiger partial charge in [-0.05, 0) is 64.3 Å². The summed E-state index contributed by atoms with van der Waals surface area (Å²) >= 11 is 0. The van der Waals surface area contributed by atoms with Gasteiger partial charge >= 0.3 is 0 Å². The zero-order valence-corrected chi connectivity index (χ0v) is 20.3. The van der Waals surface area contributed by atoms with Crippen LogP contribution in [-0.4, -0.2) is 61.7 Å². The van der Waals surface area contributed by atoms with E-state index in [0.717, 1.165) is 53.8 Å². The summed E-state index contributed by atoms with van der Waals surface area (Å²) in [6.07, 6.45) is 10.8. The maximum atomic E-state index is 12.7. The van der Waals surface area contributed by atoms with Crippen molar-refractivity contribution in [1.29, 1.82) is 0 Å². The highest BCUT2D eigenvalue weighted by atomic mass is 16.1. The third-order valence-corrected chi connectivity index (χ3v) is 6.36. The maximum Gasteiger partial charge on any atom is 0.260 e. The highest BCUT2D eigenvalue weighted by Crippen LogP contribution is 2.25. The summed E-state index contributed by atoms with van der Waals surface area (Å²) in [5.74, 6) is 1.04.